The Morgan fingerprint density at radius 1 is 1.24 bits per heavy atom. The maximum atomic E-state index is 13.2. The average molecular weight is 484 g/mol. The standard InChI is InChI=1S/C25H37N5O3Si/c1-32-16-19-5-7-20(8-6-19)30-17-28(12-10-26)25(31)22-15-27-24-21(23(22)30)9-11-29(24)18-33-13-14-34(2,3)4/h9,11,15,19-20H,5-8,12-14,16-18H2,1-4H3. The minimum absolute atomic E-state index is 0.0811. The molecule has 0 N–H and O–H groups in total. The van der Waals surface area contributed by atoms with Crippen LogP contribution in [0.25, 0.3) is 11.0 Å². The summed E-state index contributed by atoms with van der Waals surface area (Å²) in [6, 6.07) is 5.65. The summed E-state index contributed by atoms with van der Waals surface area (Å²) in [5.74, 6) is 0.476. The van der Waals surface area contributed by atoms with Crippen LogP contribution in [-0.2, 0) is 16.2 Å². The van der Waals surface area contributed by atoms with Gasteiger partial charge in [0.15, 0.2) is 0 Å². The monoisotopic (exact) mass is 483 g/mol. The van der Waals surface area contributed by atoms with Crippen LogP contribution in [0.1, 0.15) is 36.0 Å². The fourth-order valence-corrected chi connectivity index (χ4v) is 5.85. The molecule has 1 aliphatic carbocycles. The molecule has 3 heterocycles. The second kappa shape index (κ2) is 10.5. The molecule has 1 aliphatic heterocycles. The fourth-order valence-electron chi connectivity index (χ4n) is 5.09. The van der Waals surface area contributed by atoms with Gasteiger partial charge in [0.25, 0.3) is 5.91 Å². The van der Waals surface area contributed by atoms with E-state index in [4.69, 9.17) is 9.47 Å². The van der Waals surface area contributed by atoms with Gasteiger partial charge in [-0.3, -0.25) is 4.79 Å². The van der Waals surface area contributed by atoms with Crippen LogP contribution in [0, 0.1) is 17.2 Å². The molecule has 0 aromatic carbocycles. The molecule has 0 radical (unpaired) electrons. The number of nitriles is 1. The first kappa shape index (κ1) is 24.7. The van der Waals surface area contributed by atoms with Gasteiger partial charge in [0, 0.05) is 52.2 Å². The van der Waals surface area contributed by atoms with Crippen molar-refractivity contribution in [3.63, 3.8) is 0 Å². The highest BCUT2D eigenvalue weighted by molar-refractivity contribution is 6.76. The minimum atomic E-state index is -1.14. The van der Waals surface area contributed by atoms with Crippen molar-refractivity contribution in [3.8, 4) is 6.07 Å². The number of carbonyl (C=O) groups excluding carboxylic acids is 1. The predicted octanol–water partition coefficient (Wildman–Crippen LogP) is 4.30. The van der Waals surface area contributed by atoms with E-state index >= 15 is 0 Å². The molecule has 0 unspecified atom stereocenters. The lowest BCUT2D eigenvalue weighted by Gasteiger charge is -2.44. The normalized spacial score (nSPS) is 21.1. The third kappa shape index (κ3) is 5.29. The van der Waals surface area contributed by atoms with Crippen molar-refractivity contribution in [2.75, 3.05) is 38.4 Å². The first-order valence-corrected chi connectivity index (χ1v) is 16.0. The molecular weight excluding hydrogens is 446 g/mol. The minimum Gasteiger partial charge on any atom is -0.384 e. The van der Waals surface area contributed by atoms with Gasteiger partial charge in [-0.05, 0) is 43.7 Å². The van der Waals surface area contributed by atoms with Gasteiger partial charge in [0.1, 0.15) is 18.9 Å². The molecule has 0 saturated heterocycles. The third-order valence-electron chi connectivity index (χ3n) is 7.04. The summed E-state index contributed by atoms with van der Waals surface area (Å²) in [5, 5.41) is 10.3. The molecule has 0 bridgehead atoms. The second-order valence-electron chi connectivity index (χ2n) is 10.8. The van der Waals surface area contributed by atoms with Crippen LogP contribution in [0.2, 0.25) is 25.7 Å². The molecule has 2 aliphatic rings. The van der Waals surface area contributed by atoms with E-state index in [1.54, 1.807) is 18.2 Å². The Labute approximate surface area is 203 Å². The molecule has 1 saturated carbocycles. The lowest BCUT2D eigenvalue weighted by atomic mass is 9.85. The first-order valence-electron chi connectivity index (χ1n) is 12.3. The summed E-state index contributed by atoms with van der Waals surface area (Å²) in [4.78, 5) is 21.8. The van der Waals surface area contributed by atoms with Crippen LogP contribution in [0.5, 0.6) is 0 Å². The molecule has 1 amide bonds. The third-order valence-corrected chi connectivity index (χ3v) is 8.74. The van der Waals surface area contributed by atoms with Gasteiger partial charge < -0.3 is 23.8 Å². The predicted molar refractivity (Wildman–Crippen MR) is 135 cm³/mol. The molecule has 34 heavy (non-hydrogen) atoms. The number of pyridine rings is 1. The summed E-state index contributed by atoms with van der Waals surface area (Å²) in [6.45, 7) is 9.57. The Hall–Kier alpha value is -2.41. The molecule has 0 spiro atoms. The molecule has 2 aromatic heterocycles. The fraction of sp³-hybridized carbons (Fsp3) is 0.640. The highest BCUT2D eigenvalue weighted by atomic mass is 28.3. The van der Waals surface area contributed by atoms with E-state index in [1.807, 2.05) is 10.8 Å². The van der Waals surface area contributed by atoms with Crippen LogP contribution in [0.15, 0.2) is 18.5 Å². The Morgan fingerprint density at radius 3 is 2.68 bits per heavy atom. The molecule has 184 valence electrons. The molecule has 9 heteroatoms. The van der Waals surface area contributed by atoms with Crippen molar-refractivity contribution < 1.29 is 14.3 Å². The van der Waals surface area contributed by atoms with E-state index in [0.29, 0.717) is 30.9 Å². The Kier molecular flexibility index (Phi) is 7.60. The van der Waals surface area contributed by atoms with Crippen LogP contribution >= 0.6 is 0 Å². The number of methoxy groups -OCH3 is 1. The molecule has 1 fully saturated rings. The number of rotatable bonds is 9. The van der Waals surface area contributed by atoms with E-state index in [1.165, 1.54) is 0 Å². The maximum absolute atomic E-state index is 13.2. The summed E-state index contributed by atoms with van der Waals surface area (Å²) in [5.41, 5.74) is 2.39. The maximum Gasteiger partial charge on any atom is 0.259 e. The lowest BCUT2D eigenvalue weighted by Crippen LogP contribution is -2.52. The summed E-state index contributed by atoms with van der Waals surface area (Å²) >= 11 is 0. The van der Waals surface area contributed by atoms with Crippen LogP contribution in [-0.4, -0.2) is 68.0 Å². The number of hydrogen-bond donors (Lipinski definition) is 0. The van der Waals surface area contributed by atoms with Gasteiger partial charge in [0.2, 0.25) is 0 Å². The Bertz CT molecular complexity index is 1050. The van der Waals surface area contributed by atoms with Crippen molar-refractivity contribution in [2.45, 2.75) is 64.1 Å². The molecule has 8 nitrogen and oxygen atoms in total. The average Bonchev–Trinajstić information content (AvgIpc) is 3.22. The van der Waals surface area contributed by atoms with Crippen LogP contribution < -0.4 is 4.90 Å². The first-order chi connectivity index (χ1) is 16.3. The van der Waals surface area contributed by atoms with E-state index < -0.39 is 8.07 Å². The van der Waals surface area contributed by atoms with E-state index in [-0.39, 0.29) is 12.5 Å². The number of hydrogen-bond acceptors (Lipinski definition) is 6. The number of aromatic nitrogens is 2. The van der Waals surface area contributed by atoms with E-state index in [2.05, 4.69) is 41.7 Å². The van der Waals surface area contributed by atoms with Crippen molar-refractivity contribution in [2.24, 2.45) is 5.92 Å². The number of anilines is 1. The molecule has 0 atom stereocenters. The zero-order chi connectivity index (χ0) is 24.3. The van der Waals surface area contributed by atoms with Gasteiger partial charge in [0.05, 0.1) is 24.0 Å². The smallest absolute Gasteiger partial charge is 0.259 e. The van der Waals surface area contributed by atoms with Gasteiger partial charge >= 0.3 is 0 Å². The molecular formula is C25H37N5O3Si. The van der Waals surface area contributed by atoms with Crippen molar-refractivity contribution >= 4 is 30.7 Å². The van der Waals surface area contributed by atoms with Gasteiger partial charge in [-0.25, -0.2) is 4.98 Å². The topological polar surface area (TPSA) is 83.6 Å². The summed E-state index contributed by atoms with van der Waals surface area (Å²) in [7, 11) is 0.624. The quantitative estimate of drug-likeness (QED) is 0.300. The van der Waals surface area contributed by atoms with E-state index in [9.17, 15) is 10.1 Å². The highest BCUT2D eigenvalue weighted by Gasteiger charge is 2.36. The SMILES string of the molecule is COCC1CCC(N2CN(CC#N)C(=O)c3cnc4c(ccn4COCC[Si](C)(C)C)c32)CC1. The summed E-state index contributed by atoms with van der Waals surface area (Å²) < 4.78 is 13.4. The second-order valence-corrected chi connectivity index (χ2v) is 16.4. The Morgan fingerprint density at radius 2 is 2.00 bits per heavy atom. The van der Waals surface area contributed by atoms with Gasteiger partial charge in [-0.15, -0.1) is 0 Å². The largest absolute Gasteiger partial charge is 0.384 e. The van der Waals surface area contributed by atoms with E-state index in [0.717, 1.165) is 61.7 Å². The zero-order valence-electron chi connectivity index (χ0n) is 20.9. The number of carbonyl (C=O) groups is 1. The highest BCUT2D eigenvalue weighted by Crippen LogP contribution is 2.39. The number of nitrogens with zero attached hydrogens (tertiary/aromatic N) is 5. The van der Waals surface area contributed by atoms with Crippen molar-refractivity contribution in [1.82, 2.24) is 14.5 Å². The summed E-state index contributed by atoms with van der Waals surface area (Å²) in [6.07, 6.45) is 8.00. The Balaban J connectivity index is 1.62. The molecule has 4 rings (SSSR count). The molecule has 2 aromatic rings. The lowest BCUT2D eigenvalue weighted by molar-refractivity contribution is 0.0749. The number of amides is 1. The van der Waals surface area contributed by atoms with Gasteiger partial charge in [-0.1, -0.05) is 19.6 Å². The number of ether oxygens (including phenoxy) is 2. The van der Waals surface area contributed by atoms with Gasteiger partial charge in [-0.2, -0.15) is 5.26 Å². The van der Waals surface area contributed by atoms with Crippen LogP contribution in [0.4, 0.5) is 5.69 Å². The van der Waals surface area contributed by atoms with Crippen molar-refractivity contribution in [1.29, 1.82) is 5.26 Å². The zero-order valence-corrected chi connectivity index (χ0v) is 21.9. The number of fused-ring (bicyclic) bond motifs is 3. The van der Waals surface area contributed by atoms with Crippen LogP contribution in [0.3, 0.4) is 0 Å². The van der Waals surface area contributed by atoms with Crippen molar-refractivity contribution in [3.05, 3.63) is 24.0 Å².